The van der Waals surface area contributed by atoms with E-state index in [1.165, 1.54) is 10.4 Å². The predicted octanol–water partition coefficient (Wildman–Crippen LogP) is 2.08. The number of thiophene rings is 1. The highest BCUT2D eigenvalue weighted by molar-refractivity contribution is 7.10. The zero-order chi connectivity index (χ0) is 10.6. The van der Waals surface area contributed by atoms with Crippen LogP contribution in [0.2, 0.25) is 0 Å². The second-order valence-corrected chi connectivity index (χ2v) is 4.28. The van der Waals surface area contributed by atoms with Gasteiger partial charge in [-0.3, -0.25) is 0 Å². The Morgan fingerprint density at radius 3 is 2.86 bits per heavy atom. The van der Waals surface area contributed by atoms with E-state index in [9.17, 15) is 4.79 Å². The van der Waals surface area contributed by atoms with Crippen LogP contribution in [-0.4, -0.2) is 25.0 Å². The van der Waals surface area contributed by atoms with E-state index in [1.54, 1.807) is 30.3 Å². The molecule has 2 amide bonds. The molecule has 1 aromatic heterocycles. The lowest BCUT2D eigenvalue weighted by Crippen LogP contribution is -2.33. The van der Waals surface area contributed by atoms with Gasteiger partial charge in [0.1, 0.15) is 0 Å². The molecule has 0 saturated heterocycles. The van der Waals surface area contributed by atoms with Crippen molar-refractivity contribution in [3.63, 3.8) is 0 Å². The number of nitrogens with zero attached hydrogens (tertiary/aromatic N) is 1. The maximum absolute atomic E-state index is 11.3. The lowest BCUT2D eigenvalue weighted by molar-refractivity contribution is 0.217. The Hall–Kier alpha value is -1.03. The van der Waals surface area contributed by atoms with Crippen LogP contribution in [0.3, 0.4) is 0 Å². The van der Waals surface area contributed by atoms with Crippen LogP contribution in [0.4, 0.5) is 4.79 Å². The van der Waals surface area contributed by atoms with Gasteiger partial charge >= 0.3 is 6.03 Å². The van der Waals surface area contributed by atoms with Crippen molar-refractivity contribution in [2.45, 2.75) is 19.9 Å². The van der Waals surface area contributed by atoms with E-state index in [4.69, 9.17) is 0 Å². The molecular formula is C10H16N2OS. The van der Waals surface area contributed by atoms with Crippen molar-refractivity contribution in [3.05, 3.63) is 21.9 Å². The third kappa shape index (κ3) is 2.73. The highest BCUT2D eigenvalue weighted by Crippen LogP contribution is 2.16. The molecule has 0 radical (unpaired) electrons. The fourth-order valence-electron chi connectivity index (χ4n) is 1.15. The Kier molecular flexibility index (Phi) is 3.95. The highest BCUT2D eigenvalue weighted by atomic mass is 32.1. The first kappa shape index (κ1) is 11.0. The maximum Gasteiger partial charge on any atom is 0.317 e. The number of amides is 2. The third-order valence-electron chi connectivity index (χ3n) is 2.02. The van der Waals surface area contributed by atoms with Crippen molar-refractivity contribution in [2.75, 3.05) is 14.1 Å². The minimum atomic E-state index is -0.0412. The molecule has 1 heterocycles. The van der Waals surface area contributed by atoms with Crippen molar-refractivity contribution in [1.82, 2.24) is 10.2 Å². The van der Waals surface area contributed by atoms with Crippen molar-refractivity contribution in [3.8, 4) is 0 Å². The standard InChI is InChI=1S/C10H16N2OS/c1-4-8-5-6-14-9(8)7-11-10(13)12(2)3/h5-6H,4,7H2,1-3H3,(H,11,13). The average molecular weight is 212 g/mol. The number of rotatable bonds is 3. The molecule has 0 aliphatic carbocycles. The summed E-state index contributed by atoms with van der Waals surface area (Å²) in [6.45, 7) is 2.76. The summed E-state index contributed by atoms with van der Waals surface area (Å²) >= 11 is 1.69. The van der Waals surface area contributed by atoms with Gasteiger partial charge in [0, 0.05) is 19.0 Å². The molecule has 14 heavy (non-hydrogen) atoms. The van der Waals surface area contributed by atoms with Crippen LogP contribution in [0.25, 0.3) is 0 Å². The molecule has 0 spiro atoms. The predicted molar refractivity (Wildman–Crippen MR) is 59.6 cm³/mol. The zero-order valence-electron chi connectivity index (χ0n) is 8.83. The molecule has 78 valence electrons. The summed E-state index contributed by atoms with van der Waals surface area (Å²) in [7, 11) is 3.48. The smallest absolute Gasteiger partial charge is 0.317 e. The fourth-order valence-corrected chi connectivity index (χ4v) is 2.07. The normalized spacial score (nSPS) is 9.93. The van der Waals surface area contributed by atoms with Gasteiger partial charge in [-0.05, 0) is 23.4 Å². The topological polar surface area (TPSA) is 32.3 Å². The highest BCUT2D eigenvalue weighted by Gasteiger charge is 2.05. The van der Waals surface area contributed by atoms with E-state index in [2.05, 4.69) is 23.7 Å². The number of carbonyl (C=O) groups excluding carboxylic acids is 1. The van der Waals surface area contributed by atoms with Gasteiger partial charge in [0.05, 0.1) is 6.54 Å². The lowest BCUT2D eigenvalue weighted by atomic mass is 10.2. The fraction of sp³-hybridized carbons (Fsp3) is 0.500. The van der Waals surface area contributed by atoms with Crippen LogP contribution >= 0.6 is 11.3 Å². The second kappa shape index (κ2) is 5.00. The van der Waals surface area contributed by atoms with Gasteiger partial charge in [0.15, 0.2) is 0 Å². The largest absolute Gasteiger partial charge is 0.333 e. The minimum Gasteiger partial charge on any atom is -0.333 e. The lowest BCUT2D eigenvalue weighted by Gasteiger charge is -2.11. The van der Waals surface area contributed by atoms with Gasteiger partial charge in [-0.15, -0.1) is 11.3 Å². The molecule has 1 N–H and O–H groups in total. The monoisotopic (exact) mass is 212 g/mol. The summed E-state index contributed by atoms with van der Waals surface area (Å²) in [6.07, 6.45) is 1.02. The molecule has 0 aromatic carbocycles. The quantitative estimate of drug-likeness (QED) is 0.817. The third-order valence-corrected chi connectivity index (χ3v) is 2.99. The molecule has 4 heteroatoms. The van der Waals surface area contributed by atoms with E-state index in [0.717, 1.165) is 6.42 Å². The van der Waals surface area contributed by atoms with E-state index in [0.29, 0.717) is 6.54 Å². The number of carbonyl (C=O) groups is 1. The van der Waals surface area contributed by atoms with E-state index < -0.39 is 0 Å². The molecule has 1 rings (SSSR count). The number of aryl methyl sites for hydroxylation is 1. The number of hydrogen-bond acceptors (Lipinski definition) is 2. The van der Waals surface area contributed by atoms with Crippen molar-refractivity contribution >= 4 is 17.4 Å². The summed E-state index contributed by atoms with van der Waals surface area (Å²) in [4.78, 5) is 14.1. The molecule has 0 unspecified atom stereocenters. The Bertz CT molecular complexity index is 307. The first-order valence-electron chi connectivity index (χ1n) is 4.65. The van der Waals surface area contributed by atoms with Crippen LogP contribution in [0.1, 0.15) is 17.4 Å². The molecule has 1 aromatic rings. The first-order chi connectivity index (χ1) is 6.65. The molecule has 0 aliphatic rings. The van der Waals surface area contributed by atoms with Crippen LogP contribution in [0.15, 0.2) is 11.4 Å². The summed E-state index contributed by atoms with van der Waals surface area (Å²) in [5.41, 5.74) is 1.33. The summed E-state index contributed by atoms with van der Waals surface area (Å²) in [5, 5.41) is 4.92. The molecule has 0 bridgehead atoms. The van der Waals surface area contributed by atoms with E-state index >= 15 is 0 Å². The summed E-state index contributed by atoms with van der Waals surface area (Å²) in [5.74, 6) is 0. The van der Waals surface area contributed by atoms with Crippen LogP contribution < -0.4 is 5.32 Å². The zero-order valence-corrected chi connectivity index (χ0v) is 9.65. The van der Waals surface area contributed by atoms with Gasteiger partial charge in [-0.1, -0.05) is 6.92 Å². The molecule has 0 fully saturated rings. The van der Waals surface area contributed by atoms with Gasteiger partial charge in [-0.25, -0.2) is 4.79 Å². The van der Waals surface area contributed by atoms with Crippen molar-refractivity contribution < 1.29 is 4.79 Å². The van der Waals surface area contributed by atoms with Crippen LogP contribution in [0.5, 0.6) is 0 Å². The van der Waals surface area contributed by atoms with Gasteiger partial charge in [-0.2, -0.15) is 0 Å². The number of nitrogens with one attached hydrogen (secondary N) is 1. The minimum absolute atomic E-state index is 0.0412. The SMILES string of the molecule is CCc1ccsc1CNC(=O)N(C)C. The Morgan fingerprint density at radius 1 is 1.57 bits per heavy atom. The summed E-state index contributed by atoms with van der Waals surface area (Å²) in [6, 6.07) is 2.07. The Labute approximate surface area is 88.7 Å². The second-order valence-electron chi connectivity index (χ2n) is 3.28. The average Bonchev–Trinajstić information content (AvgIpc) is 2.60. The summed E-state index contributed by atoms with van der Waals surface area (Å²) < 4.78 is 0. The number of hydrogen-bond donors (Lipinski definition) is 1. The van der Waals surface area contributed by atoms with Gasteiger partial charge in [0.25, 0.3) is 0 Å². The first-order valence-corrected chi connectivity index (χ1v) is 5.53. The van der Waals surface area contributed by atoms with E-state index in [-0.39, 0.29) is 6.03 Å². The van der Waals surface area contributed by atoms with Crippen molar-refractivity contribution in [1.29, 1.82) is 0 Å². The Balaban J connectivity index is 2.49. The van der Waals surface area contributed by atoms with Crippen LogP contribution in [0, 0.1) is 0 Å². The maximum atomic E-state index is 11.3. The van der Waals surface area contributed by atoms with Crippen molar-refractivity contribution in [2.24, 2.45) is 0 Å². The van der Waals surface area contributed by atoms with Gasteiger partial charge in [0.2, 0.25) is 0 Å². The molecule has 0 saturated carbocycles. The molecule has 0 aliphatic heterocycles. The van der Waals surface area contributed by atoms with E-state index in [1.807, 2.05) is 0 Å². The van der Waals surface area contributed by atoms with Gasteiger partial charge < -0.3 is 10.2 Å². The van der Waals surface area contributed by atoms with Crippen LogP contribution in [-0.2, 0) is 13.0 Å². The molecule has 0 atom stereocenters. The number of urea groups is 1. The molecule has 3 nitrogen and oxygen atoms in total. The Morgan fingerprint density at radius 2 is 2.29 bits per heavy atom. The molecular weight excluding hydrogens is 196 g/mol.